The number of carbonyl (C=O) groups excluding carboxylic acids is 1. The Morgan fingerprint density at radius 1 is 0.808 bits per heavy atom. The molecule has 0 radical (unpaired) electrons. The van der Waals surface area contributed by atoms with Crippen LogP contribution in [0.3, 0.4) is 0 Å². The number of azo groups is 1. The summed E-state index contributed by atoms with van der Waals surface area (Å²) in [6, 6.07) is 24.5. The molecular weight excluding hydrogens is 390 g/mol. The Kier molecular flexibility index (Phi) is 6.06. The van der Waals surface area contributed by atoms with E-state index in [1.165, 1.54) is 6.08 Å². The fraction of sp³-hybridized carbons (Fsp3) is 0. The van der Waals surface area contributed by atoms with Crippen molar-refractivity contribution < 1.29 is 4.79 Å². The van der Waals surface area contributed by atoms with Crippen molar-refractivity contribution in [3.8, 4) is 0 Å². The van der Waals surface area contributed by atoms with Gasteiger partial charge in [-0.05, 0) is 60.2 Å². The predicted molar refractivity (Wildman–Crippen MR) is 109 cm³/mol. The van der Waals surface area contributed by atoms with Crippen molar-refractivity contribution in [2.24, 2.45) is 10.2 Å². The van der Waals surface area contributed by atoms with Crippen molar-refractivity contribution in [1.29, 1.82) is 0 Å². The first kappa shape index (κ1) is 17.8. The molecule has 0 aliphatic rings. The molecule has 0 heterocycles. The highest BCUT2D eigenvalue weighted by molar-refractivity contribution is 9.10. The highest BCUT2D eigenvalue weighted by Crippen LogP contribution is 2.20. The maximum Gasteiger partial charge on any atom is 0.248 e. The molecule has 3 rings (SSSR count). The van der Waals surface area contributed by atoms with Gasteiger partial charge in [-0.25, -0.2) is 0 Å². The van der Waals surface area contributed by atoms with Crippen molar-refractivity contribution in [1.82, 2.24) is 0 Å². The molecule has 4 nitrogen and oxygen atoms in total. The molecule has 128 valence electrons. The van der Waals surface area contributed by atoms with Gasteiger partial charge in [0, 0.05) is 16.2 Å². The van der Waals surface area contributed by atoms with Crippen LogP contribution in [0.15, 0.2) is 99.6 Å². The summed E-state index contributed by atoms with van der Waals surface area (Å²) in [5, 5.41) is 11.2. The van der Waals surface area contributed by atoms with Gasteiger partial charge in [0.1, 0.15) is 0 Å². The summed E-state index contributed by atoms with van der Waals surface area (Å²) in [4.78, 5) is 12.0. The van der Waals surface area contributed by atoms with Crippen molar-refractivity contribution in [3.63, 3.8) is 0 Å². The number of hydrogen-bond donors (Lipinski definition) is 1. The summed E-state index contributed by atoms with van der Waals surface area (Å²) in [5.74, 6) is -0.188. The number of hydrogen-bond acceptors (Lipinski definition) is 3. The van der Waals surface area contributed by atoms with Crippen molar-refractivity contribution in [2.75, 3.05) is 5.32 Å². The van der Waals surface area contributed by atoms with Gasteiger partial charge < -0.3 is 5.32 Å². The van der Waals surface area contributed by atoms with Gasteiger partial charge >= 0.3 is 0 Å². The van der Waals surface area contributed by atoms with Gasteiger partial charge in [0.25, 0.3) is 0 Å². The summed E-state index contributed by atoms with van der Waals surface area (Å²) >= 11 is 3.38. The smallest absolute Gasteiger partial charge is 0.248 e. The first-order valence-electron chi connectivity index (χ1n) is 8.00. The molecule has 0 aliphatic heterocycles. The predicted octanol–water partition coefficient (Wildman–Crippen LogP) is 6.52. The first-order valence-corrected chi connectivity index (χ1v) is 8.80. The molecule has 0 bridgehead atoms. The monoisotopic (exact) mass is 405 g/mol. The molecular formula is C21H16BrN3O. The number of anilines is 1. The molecule has 0 saturated carbocycles. The van der Waals surface area contributed by atoms with Crippen LogP contribution < -0.4 is 5.32 Å². The SMILES string of the molecule is O=C(C=Cc1ccc(Br)cc1)Nc1ccc(N=Nc2ccccc2)cc1. The maximum atomic E-state index is 12.0. The number of nitrogens with one attached hydrogen (secondary N) is 1. The minimum Gasteiger partial charge on any atom is -0.323 e. The van der Waals surface area contributed by atoms with Crippen LogP contribution >= 0.6 is 15.9 Å². The summed E-state index contributed by atoms with van der Waals surface area (Å²) in [6.45, 7) is 0. The highest BCUT2D eigenvalue weighted by Gasteiger charge is 1.98. The van der Waals surface area contributed by atoms with E-state index in [4.69, 9.17) is 0 Å². The molecule has 0 aliphatic carbocycles. The normalized spacial score (nSPS) is 11.1. The van der Waals surface area contributed by atoms with E-state index < -0.39 is 0 Å². The van der Waals surface area contributed by atoms with Gasteiger partial charge in [0.2, 0.25) is 5.91 Å². The molecule has 5 heteroatoms. The number of nitrogens with zero attached hydrogens (tertiary/aromatic N) is 2. The molecule has 0 unspecified atom stereocenters. The second-order valence-electron chi connectivity index (χ2n) is 5.46. The quantitative estimate of drug-likeness (QED) is 0.381. The largest absolute Gasteiger partial charge is 0.323 e. The minimum atomic E-state index is -0.188. The van der Waals surface area contributed by atoms with Crippen molar-refractivity contribution >= 4 is 45.0 Å². The molecule has 3 aromatic carbocycles. The standard InChI is InChI=1S/C21H16BrN3O/c22-17-9-6-16(7-10-17)8-15-21(26)23-18-11-13-20(14-12-18)25-24-19-4-2-1-3-5-19/h1-15H,(H,23,26). The van der Waals surface area contributed by atoms with Crippen LogP contribution in [0.2, 0.25) is 0 Å². The average molecular weight is 406 g/mol. The topological polar surface area (TPSA) is 53.8 Å². The lowest BCUT2D eigenvalue weighted by atomic mass is 10.2. The van der Waals surface area contributed by atoms with Crippen LogP contribution in [-0.4, -0.2) is 5.91 Å². The maximum absolute atomic E-state index is 12.0. The van der Waals surface area contributed by atoms with Crippen LogP contribution in [0.1, 0.15) is 5.56 Å². The zero-order chi connectivity index (χ0) is 18.2. The molecule has 0 atom stereocenters. The second kappa shape index (κ2) is 8.87. The molecule has 3 aromatic rings. The summed E-state index contributed by atoms with van der Waals surface area (Å²) in [7, 11) is 0. The van der Waals surface area contributed by atoms with Crippen molar-refractivity contribution in [2.45, 2.75) is 0 Å². The molecule has 0 aromatic heterocycles. The summed E-state index contributed by atoms with van der Waals surface area (Å²) in [6.07, 6.45) is 3.27. The van der Waals surface area contributed by atoms with E-state index in [1.54, 1.807) is 30.3 Å². The van der Waals surface area contributed by atoms with Crippen LogP contribution in [0.5, 0.6) is 0 Å². The highest BCUT2D eigenvalue weighted by atomic mass is 79.9. The lowest BCUT2D eigenvalue weighted by Gasteiger charge is -2.02. The minimum absolute atomic E-state index is 0.188. The second-order valence-corrected chi connectivity index (χ2v) is 6.37. The van der Waals surface area contributed by atoms with Gasteiger partial charge in [-0.3, -0.25) is 4.79 Å². The van der Waals surface area contributed by atoms with E-state index >= 15 is 0 Å². The van der Waals surface area contributed by atoms with Crippen LogP contribution in [-0.2, 0) is 4.79 Å². The Balaban J connectivity index is 1.57. The molecule has 1 amide bonds. The van der Waals surface area contributed by atoms with Gasteiger partial charge in [0.05, 0.1) is 11.4 Å². The number of halogens is 1. The number of carbonyl (C=O) groups is 1. The van der Waals surface area contributed by atoms with E-state index in [0.717, 1.165) is 21.4 Å². The van der Waals surface area contributed by atoms with Crippen LogP contribution in [0, 0.1) is 0 Å². The average Bonchev–Trinajstić information content (AvgIpc) is 2.68. The molecule has 0 fully saturated rings. The summed E-state index contributed by atoms with van der Waals surface area (Å²) < 4.78 is 1.00. The van der Waals surface area contributed by atoms with Gasteiger partial charge in [0.15, 0.2) is 0 Å². The molecule has 1 N–H and O–H groups in total. The Bertz CT molecular complexity index is 918. The number of benzene rings is 3. The Morgan fingerprint density at radius 3 is 2.08 bits per heavy atom. The number of amides is 1. The third-order valence-electron chi connectivity index (χ3n) is 3.47. The Labute approximate surface area is 160 Å². The lowest BCUT2D eigenvalue weighted by Crippen LogP contribution is -2.07. The lowest BCUT2D eigenvalue weighted by molar-refractivity contribution is -0.111. The zero-order valence-electron chi connectivity index (χ0n) is 13.8. The van der Waals surface area contributed by atoms with Gasteiger partial charge in [-0.2, -0.15) is 10.2 Å². The van der Waals surface area contributed by atoms with E-state index in [0.29, 0.717) is 5.69 Å². The van der Waals surface area contributed by atoms with Crippen molar-refractivity contribution in [3.05, 3.63) is 95.0 Å². The summed E-state index contributed by atoms with van der Waals surface area (Å²) in [5.41, 5.74) is 3.18. The Hall–Kier alpha value is -3.05. The van der Waals surface area contributed by atoms with Gasteiger partial charge in [-0.15, -0.1) is 0 Å². The van der Waals surface area contributed by atoms with E-state index in [1.807, 2.05) is 54.6 Å². The van der Waals surface area contributed by atoms with Crippen LogP contribution in [0.25, 0.3) is 6.08 Å². The first-order chi connectivity index (χ1) is 12.7. The number of rotatable bonds is 5. The van der Waals surface area contributed by atoms with E-state index in [9.17, 15) is 4.79 Å². The molecule has 26 heavy (non-hydrogen) atoms. The third-order valence-corrected chi connectivity index (χ3v) is 4.00. The fourth-order valence-corrected chi connectivity index (χ4v) is 2.42. The zero-order valence-corrected chi connectivity index (χ0v) is 15.4. The Morgan fingerprint density at radius 2 is 1.42 bits per heavy atom. The molecule has 0 saturated heterocycles. The van der Waals surface area contributed by atoms with Crippen LogP contribution in [0.4, 0.5) is 17.1 Å². The fourth-order valence-electron chi connectivity index (χ4n) is 2.15. The van der Waals surface area contributed by atoms with E-state index in [2.05, 4.69) is 31.5 Å². The third kappa shape index (κ3) is 5.50. The van der Waals surface area contributed by atoms with E-state index in [-0.39, 0.29) is 5.91 Å². The van der Waals surface area contributed by atoms with Gasteiger partial charge in [-0.1, -0.05) is 46.3 Å². The molecule has 0 spiro atoms.